The molecule has 3 heterocycles. The number of likely N-dealkylation sites (tertiary alicyclic amines) is 1. The summed E-state index contributed by atoms with van der Waals surface area (Å²) in [6.07, 6.45) is 4.81. The Balaban J connectivity index is 1.45. The van der Waals surface area contributed by atoms with Crippen LogP contribution in [0.5, 0.6) is 0 Å². The lowest BCUT2D eigenvalue weighted by atomic mass is 9.98. The molecule has 1 aliphatic heterocycles. The Hall–Kier alpha value is -3.36. The van der Waals surface area contributed by atoms with Crippen LogP contribution in [0.4, 0.5) is 19.3 Å². The van der Waals surface area contributed by atoms with Gasteiger partial charge < -0.3 is 14.7 Å². The van der Waals surface area contributed by atoms with Gasteiger partial charge in [-0.1, -0.05) is 5.16 Å². The van der Waals surface area contributed by atoms with Gasteiger partial charge in [0.05, 0.1) is 11.6 Å². The average molecular weight is 385 g/mol. The van der Waals surface area contributed by atoms with Gasteiger partial charge in [0.25, 0.3) is 0 Å². The number of carbonyl (C=O) groups excluding carboxylic acids is 1. The van der Waals surface area contributed by atoms with Crippen molar-refractivity contribution in [1.29, 1.82) is 0 Å². The molecule has 1 atom stereocenters. The summed E-state index contributed by atoms with van der Waals surface area (Å²) in [6, 6.07) is 5.99. The highest BCUT2D eigenvalue weighted by atomic mass is 19.1. The van der Waals surface area contributed by atoms with E-state index in [1.165, 1.54) is 4.90 Å². The van der Waals surface area contributed by atoms with Crippen LogP contribution in [0.15, 0.2) is 47.2 Å². The molecule has 1 fully saturated rings. The second-order valence-corrected chi connectivity index (χ2v) is 6.53. The number of benzene rings is 1. The van der Waals surface area contributed by atoms with Crippen molar-refractivity contribution in [2.24, 2.45) is 0 Å². The highest BCUT2D eigenvalue weighted by Crippen LogP contribution is 2.28. The summed E-state index contributed by atoms with van der Waals surface area (Å²) in [5, 5.41) is 6.42. The molecule has 2 aromatic heterocycles. The summed E-state index contributed by atoms with van der Waals surface area (Å²) < 4.78 is 32.5. The number of nitrogens with one attached hydrogen (secondary N) is 1. The van der Waals surface area contributed by atoms with Gasteiger partial charge in [-0.3, -0.25) is 4.98 Å². The number of piperidine rings is 1. The third-order valence-corrected chi connectivity index (χ3v) is 4.61. The number of urea groups is 1. The Labute approximate surface area is 159 Å². The monoisotopic (exact) mass is 385 g/mol. The number of amides is 2. The molecule has 1 aromatic carbocycles. The van der Waals surface area contributed by atoms with Gasteiger partial charge in [-0.2, -0.15) is 4.98 Å². The van der Waals surface area contributed by atoms with Crippen molar-refractivity contribution in [2.75, 3.05) is 18.4 Å². The van der Waals surface area contributed by atoms with E-state index < -0.39 is 17.7 Å². The van der Waals surface area contributed by atoms with E-state index in [2.05, 4.69) is 20.4 Å². The van der Waals surface area contributed by atoms with E-state index in [9.17, 15) is 13.6 Å². The summed E-state index contributed by atoms with van der Waals surface area (Å²) >= 11 is 0. The number of nitrogens with zero attached hydrogens (tertiary/aromatic N) is 4. The molecule has 1 saturated heterocycles. The second kappa shape index (κ2) is 7.71. The predicted molar refractivity (Wildman–Crippen MR) is 96.5 cm³/mol. The van der Waals surface area contributed by atoms with Crippen molar-refractivity contribution in [3.63, 3.8) is 0 Å². The lowest BCUT2D eigenvalue weighted by molar-refractivity contribution is 0.184. The fourth-order valence-electron chi connectivity index (χ4n) is 3.17. The maximum atomic E-state index is 13.8. The largest absolute Gasteiger partial charge is 0.339 e. The molecule has 9 heteroatoms. The number of carbonyl (C=O) groups is 1. The molecule has 4 rings (SSSR count). The third kappa shape index (κ3) is 3.83. The zero-order valence-corrected chi connectivity index (χ0v) is 14.8. The first-order chi connectivity index (χ1) is 13.6. The van der Waals surface area contributed by atoms with Crippen LogP contribution in [0.2, 0.25) is 0 Å². The quantitative estimate of drug-likeness (QED) is 0.741. The molecule has 28 heavy (non-hydrogen) atoms. The number of rotatable bonds is 3. The highest BCUT2D eigenvalue weighted by molar-refractivity contribution is 5.89. The minimum Gasteiger partial charge on any atom is -0.339 e. The van der Waals surface area contributed by atoms with Crippen LogP contribution in [0.25, 0.3) is 11.4 Å². The Bertz CT molecular complexity index is 979. The van der Waals surface area contributed by atoms with Gasteiger partial charge in [-0.15, -0.1) is 0 Å². The molecule has 1 N–H and O–H groups in total. The standard InChI is InChI=1S/C19H17F2N5O2/c20-14-3-4-15(21)16(10-14)23-19(27)26-9-1-2-13(11-26)18-24-17(25-28-18)12-5-7-22-8-6-12/h3-8,10,13H,1-2,9,11H2,(H,23,27). The number of hydrogen-bond acceptors (Lipinski definition) is 5. The van der Waals surface area contributed by atoms with E-state index >= 15 is 0 Å². The van der Waals surface area contributed by atoms with Crippen LogP contribution in [-0.4, -0.2) is 39.1 Å². The SMILES string of the molecule is O=C(Nc1cc(F)ccc1F)N1CCCC(c2nc(-c3ccncc3)no2)C1. The molecule has 3 aromatic rings. The Kier molecular flexibility index (Phi) is 4.96. The van der Waals surface area contributed by atoms with E-state index in [0.29, 0.717) is 24.8 Å². The van der Waals surface area contributed by atoms with Crippen molar-refractivity contribution >= 4 is 11.7 Å². The van der Waals surface area contributed by atoms with Crippen LogP contribution in [0.3, 0.4) is 0 Å². The number of anilines is 1. The fourth-order valence-corrected chi connectivity index (χ4v) is 3.17. The summed E-state index contributed by atoms with van der Waals surface area (Å²) in [6.45, 7) is 0.853. The maximum Gasteiger partial charge on any atom is 0.321 e. The van der Waals surface area contributed by atoms with Gasteiger partial charge in [0.1, 0.15) is 11.6 Å². The molecule has 1 aliphatic rings. The van der Waals surface area contributed by atoms with Gasteiger partial charge in [-0.05, 0) is 37.1 Å². The number of aromatic nitrogens is 3. The first kappa shape index (κ1) is 18.0. The summed E-state index contributed by atoms with van der Waals surface area (Å²) in [7, 11) is 0. The molecule has 1 unspecified atom stereocenters. The van der Waals surface area contributed by atoms with Gasteiger partial charge in [0.15, 0.2) is 0 Å². The van der Waals surface area contributed by atoms with E-state index in [0.717, 1.165) is 36.6 Å². The van der Waals surface area contributed by atoms with E-state index in [-0.39, 0.29) is 11.6 Å². The third-order valence-electron chi connectivity index (χ3n) is 4.61. The van der Waals surface area contributed by atoms with E-state index in [1.807, 2.05) is 0 Å². The Morgan fingerprint density at radius 1 is 1.21 bits per heavy atom. The number of hydrogen-bond donors (Lipinski definition) is 1. The molecule has 0 radical (unpaired) electrons. The Morgan fingerprint density at radius 2 is 2.04 bits per heavy atom. The lowest BCUT2D eigenvalue weighted by Gasteiger charge is -2.31. The predicted octanol–water partition coefficient (Wildman–Crippen LogP) is 3.82. The molecule has 0 saturated carbocycles. The van der Waals surface area contributed by atoms with Crippen LogP contribution in [0, 0.1) is 11.6 Å². The van der Waals surface area contributed by atoms with Gasteiger partial charge in [-0.25, -0.2) is 13.6 Å². The molecular weight excluding hydrogens is 368 g/mol. The molecule has 0 aliphatic carbocycles. The van der Waals surface area contributed by atoms with Gasteiger partial charge in [0.2, 0.25) is 11.7 Å². The maximum absolute atomic E-state index is 13.8. The smallest absolute Gasteiger partial charge is 0.321 e. The zero-order chi connectivity index (χ0) is 19.5. The zero-order valence-electron chi connectivity index (χ0n) is 14.8. The highest BCUT2D eigenvalue weighted by Gasteiger charge is 2.29. The molecular formula is C19H17F2N5O2. The summed E-state index contributed by atoms with van der Waals surface area (Å²) in [4.78, 5) is 22.4. The average Bonchev–Trinajstić information content (AvgIpc) is 3.22. The van der Waals surface area contributed by atoms with Crippen LogP contribution in [0.1, 0.15) is 24.7 Å². The van der Waals surface area contributed by atoms with Crippen LogP contribution in [-0.2, 0) is 0 Å². The normalized spacial score (nSPS) is 16.8. The van der Waals surface area contributed by atoms with Crippen molar-refractivity contribution in [3.8, 4) is 11.4 Å². The van der Waals surface area contributed by atoms with E-state index in [1.54, 1.807) is 24.5 Å². The molecule has 0 bridgehead atoms. The summed E-state index contributed by atoms with van der Waals surface area (Å²) in [5.74, 6) is -0.535. The topological polar surface area (TPSA) is 84.2 Å². The number of halogens is 2. The van der Waals surface area contributed by atoms with Crippen molar-refractivity contribution in [3.05, 3.63) is 60.3 Å². The van der Waals surface area contributed by atoms with Gasteiger partial charge >= 0.3 is 6.03 Å². The summed E-state index contributed by atoms with van der Waals surface area (Å²) in [5.41, 5.74) is 0.599. The van der Waals surface area contributed by atoms with Crippen molar-refractivity contribution in [2.45, 2.75) is 18.8 Å². The van der Waals surface area contributed by atoms with Crippen molar-refractivity contribution < 1.29 is 18.1 Å². The molecule has 2 amide bonds. The fraction of sp³-hybridized carbons (Fsp3) is 0.263. The van der Waals surface area contributed by atoms with Crippen molar-refractivity contribution in [1.82, 2.24) is 20.0 Å². The minimum absolute atomic E-state index is 0.125. The second-order valence-electron chi connectivity index (χ2n) is 6.53. The lowest BCUT2D eigenvalue weighted by Crippen LogP contribution is -2.41. The first-order valence-corrected chi connectivity index (χ1v) is 8.85. The molecule has 144 valence electrons. The minimum atomic E-state index is -0.692. The first-order valence-electron chi connectivity index (χ1n) is 8.85. The molecule has 7 nitrogen and oxygen atoms in total. The van der Waals surface area contributed by atoms with E-state index in [4.69, 9.17) is 4.52 Å². The van der Waals surface area contributed by atoms with Crippen LogP contribution >= 0.6 is 0 Å². The van der Waals surface area contributed by atoms with Gasteiger partial charge in [0, 0.05) is 37.1 Å². The Morgan fingerprint density at radius 3 is 2.86 bits per heavy atom. The number of pyridine rings is 1. The van der Waals surface area contributed by atoms with Crippen LogP contribution < -0.4 is 5.32 Å². The molecule has 0 spiro atoms.